The Balaban J connectivity index is 1.77. The number of aryl methyl sites for hydroxylation is 2. The van der Waals surface area contributed by atoms with E-state index < -0.39 is 9.84 Å². The van der Waals surface area contributed by atoms with E-state index in [0.717, 1.165) is 33.5 Å². The number of nitrogens with zero attached hydrogens (tertiary/aromatic N) is 2. The van der Waals surface area contributed by atoms with Gasteiger partial charge in [-0.1, -0.05) is 36.9 Å². The first-order chi connectivity index (χ1) is 13.2. The van der Waals surface area contributed by atoms with Gasteiger partial charge >= 0.3 is 0 Å². The number of thioether (sulfide) groups is 1. The lowest BCUT2D eigenvalue weighted by molar-refractivity contribution is -0.132. The molecule has 3 rings (SSSR count). The molecule has 7 heteroatoms. The number of sulfone groups is 1. The molecule has 1 aliphatic heterocycles. The molecule has 0 bridgehead atoms. The molecule has 1 aromatic heterocycles. The van der Waals surface area contributed by atoms with Crippen molar-refractivity contribution >= 4 is 38.4 Å². The Morgan fingerprint density at radius 2 is 2.07 bits per heavy atom. The smallest absolute Gasteiger partial charge is 0.233 e. The Hall–Kier alpha value is -1.60. The molecular weight excluding hydrogens is 392 g/mol. The van der Waals surface area contributed by atoms with Gasteiger partial charge in [-0.3, -0.25) is 4.79 Å². The van der Waals surface area contributed by atoms with Crippen molar-refractivity contribution < 1.29 is 13.2 Å². The minimum absolute atomic E-state index is 0.00853. The third kappa shape index (κ3) is 4.51. The largest absolute Gasteiger partial charge is 0.335 e. The Morgan fingerprint density at radius 1 is 1.32 bits per heavy atom. The molecule has 0 spiro atoms. The fourth-order valence-electron chi connectivity index (χ4n) is 3.82. The zero-order valence-corrected chi connectivity index (χ0v) is 18.6. The third-order valence-corrected chi connectivity index (χ3v) is 8.17. The second kappa shape index (κ2) is 8.41. The van der Waals surface area contributed by atoms with Crippen LogP contribution in [-0.2, 0) is 14.6 Å². The van der Waals surface area contributed by atoms with Crippen LogP contribution in [0.2, 0.25) is 0 Å². The van der Waals surface area contributed by atoms with Crippen LogP contribution in [0.4, 0.5) is 0 Å². The van der Waals surface area contributed by atoms with Crippen molar-refractivity contribution in [3.8, 4) is 0 Å². The van der Waals surface area contributed by atoms with Gasteiger partial charge in [0.15, 0.2) is 9.84 Å². The second-order valence-corrected chi connectivity index (χ2v) is 10.9. The summed E-state index contributed by atoms with van der Waals surface area (Å²) in [5.41, 5.74) is 3.23. The lowest BCUT2D eigenvalue weighted by Crippen LogP contribution is -2.47. The van der Waals surface area contributed by atoms with Gasteiger partial charge in [0, 0.05) is 17.5 Å². The molecule has 1 fully saturated rings. The molecule has 0 saturated carbocycles. The molecule has 0 aliphatic carbocycles. The molecule has 2 heterocycles. The summed E-state index contributed by atoms with van der Waals surface area (Å²) >= 11 is 1.43. The zero-order valence-electron chi connectivity index (χ0n) is 16.9. The van der Waals surface area contributed by atoms with Crippen LogP contribution in [0.25, 0.3) is 10.9 Å². The molecule has 28 heavy (non-hydrogen) atoms. The standard InChI is InChI=1S/C21H28N2O3S2/c1-5-16(4)23(17-9-10-28(25,26)13-17)20(24)12-27-19-11-15(3)18-8-6-7-14(2)21(18)22-19/h6-8,11,16-17H,5,9-10,12-13H2,1-4H3/t16-,17-/m1/s1. The summed E-state index contributed by atoms with van der Waals surface area (Å²) < 4.78 is 23.8. The summed E-state index contributed by atoms with van der Waals surface area (Å²) in [6.07, 6.45) is 1.34. The number of hydrogen-bond acceptors (Lipinski definition) is 5. The van der Waals surface area contributed by atoms with E-state index in [1.165, 1.54) is 11.8 Å². The molecule has 5 nitrogen and oxygen atoms in total. The van der Waals surface area contributed by atoms with Crippen molar-refractivity contribution in [2.24, 2.45) is 0 Å². The van der Waals surface area contributed by atoms with E-state index in [-0.39, 0.29) is 35.2 Å². The van der Waals surface area contributed by atoms with Crippen LogP contribution in [0.1, 0.15) is 37.8 Å². The van der Waals surface area contributed by atoms with E-state index in [1.807, 2.05) is 39.0 Å². The Kier molecular flexibility index (Phi) is 6.34. The highest BCUT2D eigenvalue weighted by molar-refractivity contribution is 7.99. The van der Waals surface area contributed by atoms with Gasteiger partial charge in [0.05, 0.1) is 27.8 Å². The van der Waals surface area contributed by atoms with Gasteiger partial charge in [0.1, 0.15) is 0 Å². The van der Waals surface area contributed by atoms with Gasteiger partial charge in [0.2, 0.25) is 5.91 Å². The lowest BCUT2D eigenvalue weighted by atomic mass is 10.1. The molecule has 0 radical (unpaired) electrons. The monoisotopic (exact) mass is 420 g/mol. The normalized spacial score (nSPS) is 19.6. The second-order valence-electron chi connectivity index (χ2n) is 7.65. The third-order valence-electron chi connectivity index (χ3n) is 5.52. The van der Waals surface area contributed by atoms with Crippen LogP contribution in [0, 0.1) is 13.8 Å². The minimum Gasteiger partial charge on any atom is -0.335 e. The highest BCUT2D eigenvalue weighted by Crippen LogP contribution is 2.27. The maximum atomic E-state index is 13.0. The average molecular weight is 421 g/mol. The van der Waals surface area contributed by atoms with Crippen molar-refractivity contribution in [1.29, 1.82) is 0 Å². The van der Waals surface area contributed by atoms with Crippen molar-refractivity contribution in [1.82, 2.24) is 9.88 Å². The van der Waals surface area contributed by atoms with Gasteiger partial charge in [-0.2, -0.15) is 0 Å². The fraction of sp³-hybridized carbons (Fsp3) is 0.524. The van der Waals surface area contributed by atoms with Crippen LogP contribution in [0.15, 0.2) is 29.3 Å². The first-order valence-corrected chi connectivity index (χ1v) is 12.5. The van der Waals surface area contributed by atoms with Crippen molar-refractivity contribution in [3.63, 3.8) is 0 Å². The van der Waals surface area contributed by atoms with Crippen LogP contribution in [0.5, 0.6) is 0 Å². The maximum absolute atomic E-state index is 13.0. The highest BCUT2D eigenvalue weighted by Gasteiger charge is 2.36. The molecule has 1 amide bonds. The number of pyridine rings is 1. The maximum Gasteiger partial charge on any atom is 0.233 e. The van der Waals surface area contributed by atoms with Crippen LogP contribution in [0.3, 0.4) is 0 Å². The van der Waals surface area contributed by atoms with Crippen LogP contribution in [-0.4, -0.2) is 53.6 Å². The van der Waals surface area contributed by atoms with E-state index in [0.29, 0.717) is 6.42 Å². The van der Waals surface area contributed by atoms with E-state index in [2.05, 4.69) is 13.0 Å². The van der Waals surface area contributed by atoms with E-state index >= 15 is 0 Å². The van der Waals surface area contributed by atoms with Gasteiger partial charge < -0.3 is 4.90 Å². The molecule has 2 atom stereocenters. The van der Waals surface area contributed by atoms with E-state index in [9.17, 15) is 13.2 Å². The summed E-state index contributed by atoms with van der Waals surface area (Å²) in [6.45, 7) is 8.12. The average Bonchev–Trinajstić information content (AvgIpc) is 3.00. The summed E-state index contributed by atoms with van der Waals surface area (Å²) in [5, 5.41) is 1.96. The predicted octanol–water partition coefficient (Wildman–Crippen LogP) is 3.76. The van der Waals surface area contributed by atoms with Gasteiger partial charge in [0.25, 0.3) is 0 Å². The first-order valence-electron chi connectivity index (χ1n) is 9.73. The van der Waals surface area contributed by atoms with Crippen LogP contribution >= 0.6 is 11.8 Å². The predicted molar refractivity (Wildman–Crippen MR) is 116 cm³/mol. The Labute approximate surface area is 171 Å². The number of benzene rings is 1. The quantitative estimate of drug-likeness (QED) is 0.666. The summed E-state index contributed by atoms with van der Waals surface area (Å²) in [7, 11) is -3.03. The number of amides is 1. The summed E-state index contributed by atoms with van der Waals surface area (Å²) in [4.78, 5) is 19.6. The molecule has 0 unspecified atom stereocenters. The minimum atomic E-state index is -3.03. The van der Waals surface area contributed by atoms with Crippen molar-refractivity contribution in [2.75, 3.05) is 17.3 Å². The number of aromatic nitrogens is 1. The molecule has 0 N–H and O–H groups in total. The SMILES string of the molecule is CC[C@@H](C)N(C(=O)CSc1cc(C)c2cccc(C)c2n1)[C@@H]1CCS(=O)(=O)C1. The Morgan fingerprint density at radius 3 is 2.71 bits per heavy atom. The Bertz CT molecular complexity index is 989. The molecule has 152 valence electrons. The topological polar surface area (TPSA) is 67.3 Å². The van der Waals surface area contributed by atoms with E-state index in [1.54, 1.807) is 4.90 Å². The van der Waals surface area contributed by atoms with Crippen molar-refractivity contribution in [2.45, 2.75) is 57.6 Å². The number of carbonyl (C=O) groups excluding carboxylic acids is 1. The van der Waals surface area contributed by atoms with Gasteiger partial charge in [-0.25, -0.2) is 13.4 Å². The number of rotatable bonds is 6. The van der Waals surface area contributed by atoms with Crippen LogP contribution < -0.4 is 0 Å². The lowest BCUT2D eigenvalue weighted by Gasteiger charge is -2.33. The molecular formula is C21H28N2O3S2. The first kappa shape index (κ1) is 21.1. The highest BCUT2D eigenvalue weighted by atomic mass is 32.2. The van der Waals surface area contributed by atoms with Gasteiger partial charge in [-0.15, -0.1) is 0 Å². The molecule has 1 aliphatic rings. The molecule has 1 aromatic carbocycles. The number of fused-ring (bicyclic) bond motifs is 1. The zero-order chi connectivity index (χ0) is 20.5. The van der Waals surface area contributed by atoms with E-state index in [4.69, 9.17) is 4.98 Å². The summed E-state index contributed by atoms with van der Waals surface area (Å²) in [5.74, 6) is 0.520. The fourth-order valence-corrected chi connectivity index (χ4v) is 6.36. The van der Waals surface area contributed by atoms with Crippen molar-refractivity contribution in [3.05, 3.63) is 35.4 Å². The number of hydrogen-bond donors (Lipinski definition) is 0. The number of carbonyl (C=O) groups is 1. The molecule has 1 saturated heterocycles. The number of para-hydroxylation sites is 1. The van der Waals surface area contributed by atoms with Gasteiger partial charge in [-0.05, 0) is 50.8 Å². The molecule has 2 aromatic rings. The summed E-state index contributed by atoms with van der Waals surface area (Å²) in [6, 6.07) is 7.98.